The van der Waals surface area contributed by atoms with E-state index in [1.165, 1.54) is 11.3 Å². The van der Waals surface area contributed by atoms with Crippen LogP contribution in [-0.2, 0) is 11.2 Å². The van der Waals surface area contributed by atoms with Crippen molar-refractivity contribution in [1.29, 1.82) is 0 Å². The molecule has 1 aliphatic rings. The van der Waals surface area contributed by atoms with Crippen molar-refractivity contribution in [3.05, 3.63) is 39.9 Å². The first-order chi connectivity index (χ1) is 10.7. The number of hydrogen-bond acceptors (Lipinski definition) is 4. The van der Waals surface area contributed by atoms with Gasteiger partial charge in [-0.05, 0) is 30.4 Å². The highest BCUT2D eigenvalue weighted by Crippen LogP contribution is 2.50. The van der Waals surface area contributed by atoms with Crippen molar-refractivity contribution >= 4 is 34.0 Å². The highest BCUT2D eigenvalue weighted by Gasteiger charge is 2.45. The van der Waals surface area contributed by atoms with Gasteiger partial charge in [0.05, 0.1) is 0 Å². The van der Waals surface area contributed by atoms with E-state index in [9.17, 15) is 4.79 Å². The molecule has 1 N–H and O–H groups in total. The van der Waals surface area contributed by atoms with Gasteiger partial charge in [0, 0.05) is 17.4 Å². The molecule has 2 aromatic rings. The number of aryl methyl sites for hydroxylation is 1. The van der Waals surface area contributed by atoms with Crippen molar-refractivity contribution in [1.82, 2.24) is 10.2 Å². The minimum absolute atomic E-state index is 0.0112. The number of nitrogens with zero attached hydrogens (tertiary/aromatic N) is 2. The van der Waals surface area contributed by atoms with Crippen LogP contribution in [0.4, 0.5) is 5.13 Å². The van der Waals surface area contributed by atoms with Crippen molar-refractivity contribution in [2.75, 3.05) is 5.32 Å². The van der Waals surface area contributed by atoms with Crippen LogP contribution in [0, 0.1) is 5.92 Å². The van der Waals surface area contributed by atoms with Gasteiger partial charge in [0.25, 0.3) is 0 Å². The van der Waals surface area contributed by atoms with E-state index in [1.54, 1.807) is 0 Å². The number of carbonyl (C=O) groups excluding carboxylic acids is 1. The molecule has 116 valence electrons. The number of benzene rings is 1. The predicted molar refractivity (Wildman–Crippen MR) is 89.5 cm³/mol. The lowest BCUT2D eigenvalue weighted by Crippen LogP contribution is -2.14. The van der Waals surface area contributed by atoms with Gasteiger partial charge < -0.3 is 5.32 Å². The minimum atomic E-state index is -0.0112. The normalized spacial score (nSPS) is 19.9. The fourth-order valence-corrected chi connectivity index (χ4v) is 3.60. The first kappa shape index (κ1) is 15.4. The van der Waals surface area contributed by atoms with Crippen LogP contribution in [0.2, 0.25) is 5.02 Å². The molecule has 1 heterocycles. The average Bonchev–Trinajstić information content (AvgIpc) is 3.19. The zero-order chi connectivity index (χ0) is 15.5. The smallest absolute Gasteiger partial charge is 0.229 e. The molecule has 4 nitrogen and oxygen atoms in total. The summed E-state index contributed by atoms with van der Waals surface area (Å²) in [5.74, 6) is 0.229. The maximum atomic E-state index is 12.3. The van der Waals surface area contributed by atoms with E-state index >= 15 is 0 Å². The Morgan fingerprint density at radius 2 is 2.23 bits per heavy atom. The molecule has 2 atom stereocenters. The number of nitrogens with one attached hydrogen (secondary N) is 1. The number of halogens is 1. The molecule has 1 amide bonds. The van der Waals surface area contributed by atoms with Gasteiger partial charge in [0.2, 0.25) is 11.0 Å². The highest BCUT2D eigenvalue weighted by molar-refractivity contribution is 7.15. The first-order valence-corrected chi connectivity index (χ1v) is 8.76. The van der Waals surface area contributed by atoms with Crippen molar-refractivity contribution < 1.29 is 4.79 Å². The Morgan fingerprint density at radius 3 is 3.00 bits per heavy atom. The summed E-state index contributed by atoms with van der Waals surface area (Å²) in [7, 11) is 0. The number of aromatic nitrogens is 2. The zero-order valence-corrected chi connectivity index (χ0v) is 14.0. The lowest BCUT2D eigenvalue weighted by atomic mass is 10.1. The summed E-state index contributed by atoms with van der Waals surface area (Å²) in [5.41, 5.74) is 1.06. The van der Waals surface area contributed by atoms with Crippen molar-refractivity contribution in [2.24, 2.45) is 5.92 Å². The topological polar surface area (TPSA) is 54.9 Å². The van der Waals surface area contributed by atoms with Crippen LogP contribution in [0.5, 0.6) is 0 Å². The Bertz CT molecular complexity index is 673. The van der Waals surface area contributed by atoms with Gasteiger partial charge in [0.1, 0.15) is 5.01 Å². The lowest BCUT2D eigenvalue weighted by Gasteiger charge is -2.03. The van der Waals surface area contributed by atoms with E-state index in [0.29, 0.717) is 5.13 Å². The number of amides is 1. The third-order valence-electron chi connectivity index (χ3n) is 3.87. The van der Waals surface area contributed by atoms with Gasteiger partial charge in [-0.2, -0.15) is 0 Å². The fourth-order valence-electron chi connectivity index (χ4n) is 2.54. The molecule has 1 aromatic carbocycles. The Hall–Kier alpha value is -1.46. The van der Waals surface area contributed by atoms with Gasteiger partial charge in [-0.15, -0.1) is 10.2 Å². The first-order valence-electron chi connectivity index (χ1n) is 7.56. The number of anilines is 1. The summed E-state index contributed by atoms with van der Waals surface area (Å²) in [6, 6.07) is 7.73. The van der Waals surface area contributed by atoms with E-state index < -0.39 is 0 Å². The van der Waals surface area contributed by atoms with Gasteiger partial charge >= 0.3 is 0 Å². The molecule has 3 rings (SSSR count). The molecule has 0 saturated heterocycles. The summed E-state index contributed by atoms with van der Waals surface area (Å²) in [6.45, 7) is 2.14. The van der Waals surface area contributed by atoms with E-state index in [4.69, 9.17) is 11.6 Å². The molecule has 1 aliphatic carbocycles. The Labute approximate surface area is 138 Å². The molecular weight excluding hydrogens is 318 g/mol. The summed E-state index contributed by atoms with van der Waals surface area (Å²) in [4.78, 5) is 12.3. The summed E-state index contributed by atoms with van der Waals surface area (Å²) < 4.78 is 0. The third-order valence-corrected chi connectivity index (χ3v) is 5.12. The van der Waals surface area contributed by atoms with Gasteiger partial charge in [-0.25, -0.2) is 0 Å². The SMILES string of the molecule is CCCCc1nnc(NC(=O)C2CC2c2ccccc2Cl)s1. The molecule has 0 aliphatic heterocycles. The summed E-state index contributed by atoms with van der Waals surface area (Å²) in [5, 5.41) is 13.4. The second-order valence-corrected chi connectivity index (χ2v) is 7.03. The largest absolute Gasteiger partial charge is 0.300 e. The van der Waals surface area contributed by atoms with Gasteiger partial charge in [0.15, 0.2) is 0 Å². The Balaban J connectivity index is 1.57. The van der Waals surface area contributed by atoms with Crippen LogP contribution in [0.15, 0.2) is 24.3 Å². The number of unbranched alkanes of at least 4 members (excludes halogenated alkanes) is 1. The fraction of sp³-hybridized carbons (Fsp3) is 0.438. The quantitative estimate of drug-likeness (QED) is 0.857. The van der Waals surface area contributed by atoms with E-state index in [0.717, 1.165) is 41.3 Å². The van der Waals surface area contributed by atoms with Crippen molar-refractivity contribution in [3.8, 4) is 0 Å². The van der Waals surface area contributed by atoms with E-state index in [1.807, 2.05) is 24.3 Å². The molecule has 22 heavy (non-hydrogen) atoms. The second kappa shape index (κ2) is 6.75. The Kier molecular flexibility index (Phi) is 4.74. The van der Waals surface area contributed by atoms with Gasteiger partial charge in [-0.1, -0.05) is 54.5 Å². The molecule has 1 saturated carbocycles. The molecule has 6 heteroatoms. The minimum Gasteiger partial charge on any atom is -0.300 e. The molecular formula is C16H18ClN3OS. The standard InChI is InChI=1S/C16H18ClN3OS/c1-2-3-8-14-19-20-16(22-14)18-15(21)12-9-11(12)10-6-4-5-7-13(10)17/h4-7,11-12H,2-3,8-9H2,1H3,(H,18,20,21). The van der Waals surface area contributed by atoms with Crippen LogP contribution in [0.3, 0.4) is 0 Å². The lowest BCUT2D eigenvalue weighted by molar-refractivity contribution is -0.117. The summed E-state index contributed by atoms with van der Waals surface area (Å²) in [6.07, 6.45) is 4.00. The number of carbonyl (C=O) groups is 1. The third kappa shape index (κ3) is 3.47. The van der Waals surface area contributed by atoms with Crippen molar-refractivity contribution in [2.45, 2.75) is 38.5 Å². The Morgan fingerprint density at radius 1 is 1.41 bits per heavy atom. The monoisotopic (exact) mass is 335 g/mol. The highest BCUT2D eigenvalue weighted by atomic mass is 35.5. The maximum absolute atomic E-state index is 12.3. The number of rotatable bonds is 6. The molecule has 1 fully saturated rings. The number of hydrogen-bond donors (Lipinski definition) is 1. The second-order valence-electron chi connectivity index (χ2n) is 5.56. The predicted octanol–water partition coefficient (Wildman–Crippen LogP) is 4.28. The average molecular weight is 336 g/mol. The molecule has 0 spiro atoms. The van der Waals surface area contributed by atoms with Crippen LogP contribution < -0.4 is 5.32 Å². The van der Waals surface area contributed by atoms with Crippen LogP contribution >= 0.6 is 22.9 Å². The maximum Gasteiger partial charge on any atom is 0.229 e. The molecule has 0 bridgehead atoms. The molecule has 0 radical (unpaired) electrons. The molecule has 2 unspecified atom stereocenters. The van der Waals surface area contributed by atoms with Gasteiger partial charge in [-0.3, -0.25) is 4.79 Å². The van der Waals surface area contributed by atoms with Crippen LogP contribution in [-0.4, -0.2) is 16.1 Å². The summed E-state index contributed by atoms with van der Waals surface area (Å²) >= 11 is 7.66. The zero-order valence-electron chi connectivity index (χ0n) is 12.4. The van der Waals surface area contributed by atoms with E-state index in [-0.39, 0.29) is 17.7 Å². The van der Waals surface area contributed by atoms with Crippen LogP contribution in [0.25, 0.3) is 0 Å². The van der Waals surface area contributed by atoms with Crippen LogP contribution in [0.1, 0.15) is 42.7 Å². The van der Waals surface area contributed by atoms with E-state index in [2.05, 4.69) is 22.4 Å². The molecule has 1 aromatic heterocycles. The van der Waals surface area contributed by atoms with Crippen molar-refractivity contribution in [3.63, 3.8) is 0 Å².